The van der Waals surface area contributed by atoms with E-state index in [9.17, 15) is 0 Å². The maximum absolute atomic E-state index is 15.2. The first-order valence-corrected chi connectivity index (χ1v) is 11.5. The Bertz CT molecular complexity index is 1080. The Balaban J connectivity index is 1.34. The maximum atomic E-state index is 15.2. The molecule has 0 amide bonds. The van der Waals surface area contributed by atoms with Crippen molar-refractivity contribution in [1.82, 2.24) is 0 Å². The topological polar surface area (TPSA) is 50.1 Å². The second-order valence-electron chi connectivity index (χ2n) is 8.71. The minimum absolute atomic E-state index is 0.0133. The zero-order chi connectivity index (χ0) is 22.1. The third kappa shape index (κ3) is 4.16. The van der Waals surface area contributed by atoms with Crippen molar-refractivity contribution in [2.75, 3.05) is 26.4 Å². The highest BCUT2D eigenvalue weighted by molar-refractivity contribution is 6.06. The van der Waals surface area contributed by atoms with Gasteiger partial charge in [0.05, 0.1) is 32.5 Å². The van der Waals surface area contributed by atoms with Crippen molar-refractivity contribution >= 4 is 21.9 Å². The molecule has 3 atom stereocenters. The zero-order valence-corrected chi connectivity index (χ0v) is 18.2. The normalized spacial score (nSPS) is 23.8. The number of furan rings is 1. The van der Waals surface area contributed by atoms with E-state index in [1.54, 1.807) is 24.3 Å². The molecule has 2 aromatic carbocycles. The van der Waals surface area contributed by atoms with E-state index in [4.69, 9.17) is 23.4 Å². The highest BCUT2D eigenvalue weighted by atomic mass is 19.1. The quantitative estimate of drug-likeness (QED) is 0.445. The van der Waals surface area contributed by atoms with Crippen LogP contribution in [0, 0.1) is 17.6 Å². The average molecular weight is 446 g/mol. The van der Waals surface area contributed by atoms with E-state index < -0.39 is 11.6 Å². The van der Waals surface area contributed by atoms with Gasteiger partial charge in [0.2, 0.25) is 11.6 Å². The fourth-order valence-corrected chi connectivity index (χ4v) is 4.54. The smallest absolute Gasteiger partial charge is 0.208 e. The summed E-state index contributed by atoms with van der Waals surface area (Å²) in [6, 6.07) is 6.54. The standard InChI is InChI=1S/C25H28F2O5/c1-2-3-16-5-4-15(12-29-16)13-30-20-8-6-18-19-7-9-21(31-17-10-11-28-14-17)23(27)25(19)32-24(18)22(20)26/h6-9,15-17H,2-5,10-14H2,1H3. The fourth-order valence-electron chi connectivity index (χ4n) is 4.54. The number of rotatable bonds is 7. The summed E-state index contributed by atoms with van der Waals surface area (Å²) in [7, 11) is 0. The molecule has 172 valence electrons. The highest BCUT2D eigenvalue weighted by Gasteiger charge is 2.25. The van der Waals surface area contributed by atoms with Gasteiger partial charge in [0.1, 0.15) is 6.10 Å². The molecule has 2 aliphatic heterocycles. The van der Waals surface area contributed by atoms with Crippen LogP contribution < -0.4 is 9.47 Å². The van der Waals surface area contributed by atoms with Crippen molar-refractivity contribution in [2.45, 2.75) is 51.2 Å². The third-order valence-corrected chi connectivity index (χ3v) is 6.35. The molecular weight excluding hydrogens is 418 g/mol. The van der Waals surface area contributed by atoms with Crippen LogP contribution in [0.5, 0.6) is 11.5 Å². The molecule has 5 rings (SSSR count). The van der Waals surface area contributed by atoms with Crippen LogP contribution in [0.4, 0.5) is 8.78 Å². The van der Waals surface area contributed by atoms with Crippen LogP contribution in [0.1, 0.15) is 39.0 Å². The van der Waals surface area contributed by atoms with Crippen LogP contribution >= 0.6 is 0 Å². The molecule has 1 aromatic heterocycles. The molecule has 32 heavy (non-hydrogen) atoms. The van der Waals surface area contributed by atoms with Gasteiger partial charge in [-0.15, -0.1) is 0 Å². The van der Waals surface area contributed by atoms with Gasteiger partial charge in [-0.2, -0.15) is 8.78 Å². The SMILES string of the molecule is CCCC1CCC(COc2ccc3c(oc4c(F)c(OC5CCOC5)ccc43)c2F)CO1. The van der Waals surface area contributed by atoms with E-state index in [0.717, 1.165) is 25.7 Å². The van der Waals surface area contributed by atoms with Crippen molar-refractivity contribution in [1.29, 1.82) is 0 Å². The lowest BCUT2D eigenvalue weighted by atomic mass is 9.97. The van der Waals surface area contributed by atoms with Gasteiger partial charge in [-0.3, -0.25) is 0 Å². The molecule has 0 saturated carbocycles. The van der Waals surface area contributed by atoms with Crippen molar-refractivity contribution in [3.05, 3.63) is 35.9 Å². The minimum atomic E-state index is -0.631. The second kappa shape index (κ2) is 9.24. The highest BCUT2D eigenvalue weighted by Crippen LogP contribution is 2.38. The Morgan fingerprint density at radius 1 is 0.938 bits per heavy atom. The van der Waals surface area contributed by atoms with Gasteiger partial charge in [0.15, 0.2) is 22.7 Å². The van der Waals surface area contributed by atoms with Gasteiger partial charge in [-0.25, -0.2) is 0 Å². The number of hydrogen-bond donors (Lipinski definition) is 0. The van der Waals surface area contributed by atoms with Gasteiger partial charge < -0.3 is 23.4 Å². The van der Waals surface area contributed by atoms with Crippen molar-refractivity contribution in [2.24, 2.45) is 5.92 Å². The predicted molar refractivity (Wildman–Crippen MR) is 116 cm³/mol. The van der Waals surface area contributed by atoms with E-state index in [1.807, 2.05) is 0 Å². The Morgan fingerprint density at radius 3 is 2.34 bits per heavy atom. The summed E-state index contributed by atoms with van der Waals surface area (Å²) in [4.78, 5) is 0. The molecule has 0 spiro atoms. The lowest BCUT2D eigenvalue weighted by molar-refractivity contribution is -0.0309. The zero-order valence-electron chi connectivity index (χ0n) is 18.2. The summed E-state index contributed by atoms with van der Waals surface area (Å²) in [6.45, 7) is 4.17. The summed E-state index contributed by atoms with van der Waals surface area (Å²) >= 11 is 0. The van der Waals surface area contributed by atoms with Crippen LogP contribution in [0.3, 0.4) is 0 Å². The molecule has 0 N–H and O–H groups in total. The van der Waals surface area contributed by atoms with Crippen LogP contribution in [0.2, 0.25) is 0 Å². The summed E-state index contributed by atoms with van der Waals surface area (Å²) in [5.41, 5.74) is -0.0317. The maximum Gasteiger partial charge on any atom is 0.208 e. The predicted octanol–water partition coefficient (Wildman–Crippen LogP) is 6.01. The molecule has 0 aliphatic carbocycles. The number of ether oxygens (including phenoxy) is 4. The summed E-state index contributed by atoms with van der Waals surface area (Å²) in [5, 5.41) is 1.00. The van der Waals surface area contributed by atoms with E-state index in [0.29, 0.717) is 49.7 Å². The molecule has 2 fully saturated rings. The Kier molecular flexibility index (Phi) is 6.20. The van der Waals surface area contributed by atoms with E-state index >= 15 is 8.78 Å². The minimum Gasteiger partial charge on any atom is -0.490 e. The van der Waals surface area contributed by atoms with E-state index in [2.05, 4.69) is 6.92 Å². The summed E-state index contributed by atoms with van der Waals surface area (Å²) in [5.74, 6) is -0.834. The van der Waals surface area contributed by atoms with Crippen molar-refractivity contribution in [3.8, 4) is 11.5 Å². The van der Waals surface area contributed by atoms with Crippen LogP contribution in [0.15, 0.2) is 28.7 Å². The molecule has 3 heterocycles. The largest absolute Gasteiger partial charge is 0.490 e. The van der Waals surface area contributed by atoms with Crippen LogP contribution in [-0.4, -0.2) is 38.6 Å². The number of halogens is 2. The monoisotopic (exact) mass is 446 g/mol. The van der Waals surface area contributed by atoms with Crippen LogP contribution in [-0.2, 0) is 9.47 Å². The van der Waals surface area contributed by atoms with Gasteiger partial charge in [0, 0.05) is 23.1 Å². The lowest BCUT2D eigenvalue weighted by Gasteiger charge is -2.28. The van der Waals surface area contributed by atoms with Gasteiger partial charge in [-0.05, 0) is 43.5 Å². The number of benzene rings is 2. The first-order valence-electron chi connectivity index (χ1n) is 11.5. The Labute approximate surface area is 185 Å². The van der Waals surface area contributed by atoms with E-state index in [-0.39, 0.29) is 34.7 Å². The van der Waals surface area contributed by atoms with Gasteiger partial charge in [0.25, 0.3) is 0 Å². The Morgan fingerprint density at radius 2 is 1.69 bits per heavy atom. The van der Waals surface area contributed by atoms with Crippen molar-refractivity contribution in [3.63, 3.8) is 0 Å². The van der Waals surface area contributed by atoms with E-state index in [1.165, 1.54) is 0 Å². The Hall–Kier alpha value is -2.38. The van der Waals surface area contributed by atoms with Gasteiger partial charge >= 0.3 is 0 Å². The van der Waals surface area contributed by atoms with Gasteiger partial charge in [-0.1, -0.05) is 13.3 Å². The number of fused-ring (bicyclic) bond motifs is 3. The molecule has 5 nitrogen and oxygen atoms in total. The molecule has 0 bridgehead atoms. The molecule has 3 aromatic rings. The third-order valence-electron chi connectivity index (χ3n) is 6.35. The molecule has 2 saturated heterocycles. The first-order chi connectivity index (χ1) is 15.6. The average Bonchev–Trinajstić information content (AvgIpc) is 3.45. The summed E-state index contributed by atoms with van der Waals surface area (Å²) in [6.07, 6.45) is 5.02. The van der Waals surface area contributed by atoms with Crippen molar-refractivity contribution < 1.29 is 32.1 Å². The molecule has 7 heteroatoms. The number of hydrogen-bond acceptors (Lipinski definition) is 5. The first kappa shape index (κ1) is 21.5. The molecule has 0 radical (unpaired) electrons. The van der Waals surface area contributed by atoms with Crippen LogP contribution in [0.25, 0.3) is 21.9 Å². The second-order valence-corrected chi connectivity index (χ2v) is 8.71. The summed E-state index contributed by atoms with van der Waals surface area (Å²) < 4.78 is 58.5. The fraction of sp³-hybridized carbons (Fsp3) is 0.520. The molecule has 2 aliphatic rings. The lowest BCUT2D eigenvalue weighted by Crippen LogP contribution is -2.29. The molecule has 3 unspecified atom stereocenters. The molecular formula is C25H28F2O5.